The highest BCUT2D eigenvalue weighted by molar-refractivity contribution is 6.50. The average Bonchev–Trinajstić information content (AvgIpc) is 2.36. The number of Topliss-reactive ketones (excluding diaryl/α,β-unsaturated/α-hetero) is 2. The van der Waals surface area contributed by atoms with E-state index in [0.717, 1.165) is 0 Å². The van der Waals surface area contributed by atoms with Crippen molar-refractivity contribution in [3.8, 4) is 0 Å². The molecule has 1 aliphatic carbocycles. The molecule has 0 amide bonds. The first kappa shape index (κ1) is 16.7. The van der Waals surface area contributed by atoms with Crippen molar-refractivity contribution < 1.29 is 24.2 Å². The molecule has 5 nitrogen and oxygen atoms in total. The van der Waals surface area contributed by atoms with Crippen LogP contribution in [0.3, 0.4) is 0 Å². The Hall–Kier alpha value is -1.62. The van der Waals surface area contributed by atoms with Crippen LogP contribution in [0.5, 0.6) is 0 Å². The molecule has 122 valence electrons. The van der Waals surface area contributed by atoms with Crippen LogP contribution < -0.4 is 0 Å². The molecule has 0 aromatic heterocycles. The van der Waals surface area contributed by atoms with Gasteiger partial charge in [0.15, 0.2) is 17.6 Å². The van der Waals surface area contributed by atoms with Crippen LogP contribution in [-0.4, -0.2) is 36.0 Å². The second-order valence-electron chi connectivity index (χ2n) is 7.80. The minimum atomic E-state index is -0.558. The Kier molecular flexibility index (Phi) is 3.98. The van der Waals surface area contributed by atoms with Crippen molar-refractivity contribution in [1.29, 1.82) is 0 Å². The number of aliphatic hydroxyl groups is 1. The lowest BCUT2D eigenvalue weighted by Gasteiger charge is -2.38. The number of ketones is 2. The molecule has 1 atom stereocenters. The molecular weight excluding hydrogens is 284 g/mol. The fourth-order valence-corrected chi connectivity index (χ4v) is 2.74. The predicted octanol–water partition coefficient (Wildman–Crippen LogP) is 2.15. The van der Waals surface area contributed by atoms with Gasteiger partial charge >= 0.3 is 0 Å². The minimum Gasteiger partial charge on any atom is -0.485 e. The van der Waals surface area contributed by atoms with Crippen molar-refractivity contribution in [2.24, 2.45) is 10.8 Å². The number of fused-ring (bicyclic) bond motifs is 1. The Morgan fingerprint density at radius 1 is 0.955 bits per heavy atom. The molecule has 2 rings (SSSR count). The molecule has 0 saturated carbocycles. The summed E-state index contributed by atoms with van der Waals surface area (Å²) in [5, 5.41) is 9.32. The standard InChI is InChI=1S/C17H24O5/c1-16(2,3)10-12(19)13(20)11(17(4,5)6)15-14(10)21-8-9(7-18)22-15/h9,18H,7-8H2,1-6H3. The van der Waals surface area contributed by atoms with Crippen molar-refractivity contribution >= 4 is 11.6 Å². The maximum Gasteiger partial charge on any atom is 0.233 e. The van der Waals surface area contributed by atoms with Crippen LogP contribution in [0.2, 0.25) is 0 Å². The smallest absolute Gasteiger partial charge is 0.233 e. The highest BCUT2D eigenvalue weighted by atomic mass is 16.6. The maximum atomic E-state index is 12.6. The fourth-order valence-electron chi connectivity index (χ4n) is 2.74. The van der Waals surface area contributed by atoms with Crippen molar-refractivity contribution in [1.82, 2.24) is 0 Å². The first-order valence-electron chi connectivity index (χ1n) is 7.47. The highest BCUT2D eigenvalue weighted by Gasteiger charge is 2.47. The van der Waals surface area contributed by atoms with Gasteiger partial charge < -0.3 is 14.6 Å². The zero-order valence-electron chi connectivity index (χ0n) is 14.1. The van der Waals surface area contributed by atoms with E-state index in [2.05, 4.69) is 0 Å². The fraction of sp³-hybridized carbons (Fsp3) is 0.647. The first-order chi connectivity index (χ1) is 9.98. The topological polar surface area (TPSA) is 72.8 Å². The Balaban J connectivity index is 2.73. The predicted molar refractivity (Wildman–Crippen MR) is 80.9 cm³/mol. The van der Waals surface area contributed by atoms with E-state index in [-0.39, 0.29) is 13.2 Å². The van der Waals surface area contributed by atoms with E-state index in [9.17, 15) is 14.7 Å². The molecule has 1 saturated heterocycles. The third-order valence-corrected chi connectivity index (χ3v) is 3.72. The van der Waals surface area contributed by atoms with Crippen LogP contribution in [0, 0.1) is 10.8 Å². The number of carbonyl (C=O) groups excluding carboxylic acids is 2. The van der Waals surface area contributed by atoms with Crippen LogP contribution in [0.25, 0.3) is 0 Å². The zero-order valence-corrected chi connectivity index (χ0v) is 14.1. The number of carbonyl (C=O) groups is 2. The summed E-state index contributed by atoms with van der Waals surface area (Å²) >= 11 is 0. The molecule has 1 heterocycles. The van der Waals surface area contributed by atoms with E-state index >= 15 is 0 Å². The number of rotatable bonds is 1. The molecule has 1 aliphatic heterocycles. The molecule has 0 radical (unpaired) electrons. The summed E-state index contributed by atoms with van der Waals surface area (Å²) in [5.74, 6) is -0.403. The van der Waals surface area contributed by atoms with Crippen LogP contribution in [0.15, 0.2) is 22.7 Å². The summed E-state index contributed by atoms with van der Waals surface area (Å²) in [4.78, 5) is 25.2. The molecule has 0 aromatic rings. The van der Waals surface area contributed by atoms with E-state index in [0.29, 0.717) is 22.7 Å². The number of aliphatic hydroxyl groups excluding tert-OH is 1. The first-order valence-corrected chi connectivity index (χ1v) is 7.47. The van der Waals surface area contributed by atoms with Gasteiger partial charge in [-0.05, 0) is 10.8 Å². The van der Waals surface area contributed by atoms with Crippen molar-refractivity contribution in [2.45, 2.75) is 47.6 Å². The third-order valence-electron chi connectivity index (χ3n) is 3.72. The lowest BCUT2D eigenvalue weighted by atomic mass is 9.72. The van der Waals surface area contributed by atoms with Gasteiger partial charge in [-0.25, -0.2) is 0 Å². The van der Waals surface area contributed by atoms with Gasteiger partial charge in [-0.2, -0.15) is 0 Å². The van der Waals surface area contributed by atoms with Gasteiger partial charge in [0.2, 0.25) is 11.6 Å². The molecule has 5 heteroatoms. The number of hydrogen-bond acceptors (Lipinski definition) is 5. The molecule has 1 N–H and O–H groups in total. The van der Waals surface area contributed by atoms with Crippen LogP contribution in [0.1, 0.15) is 41.5 Å². The van der Waals surface area contributed by atoms with E-state index in [4.69, 9.17) is 9.47 Å². The van der Waals surface area contributed by atoms with Gasteiger partial charge in [0.25, 0.3) is 0 Å². The van der Waals surface area contributed by atoms with Crippen molar-refractivity contribution in [3.63, 3.8) is 0 Å². The summed E-state index contributed by atoms with van der Waals surface area (Å²) in [6.45, 7) is 11.1. The molecule has 22 heavy (non-hydrogen) atoms. The Morgan fingerprint density at radius 2 is 1.41 bits per heavy atom. The summed E-state index contributed by atoms with van der Waals surface area (Å²) in [5.41, 5.74) is -0.431. The molecular formula is C17H24O5. The summed E-state index contributed by atoms with van der Waals surface area (Å²) in [6.07, 6.45) is -0.529. The quantitative estimate of drug-likeness (QED) is 0.593. The lowest BCUT2D eigenvalue weighted by molar-refractivity contribution is -0.135. The van der Waals surface area contributed by atoms with E-state index < -0.39 is 28.5 Å². The molecule has 0 spiro atoms. The summed E-state index contributed by atoms with van der Waals surface area (Å²) in [6, 6.07) is 0. The largest absolute Gasteiger partial charge is 0.485 e. The molecule has 1 unspecified atom stereocenters. The summed E-state index contributed by atoms with van der Waals surface area (Å²) in [7, 11) is 0. The monoisotopic (exact) mass is 308 g/mol. The zero-order chi connectivity index (χ0) is 16.9. The number of hydrogen-bond donors (Lipinski definition) is 1. The van der Waals surface area contributed by atoms with Crippen LogP contribution in [0.4, 0.5) is 0 Å². The number of ether oxygens (including phenoxy) is 2. The van der Waals surface area contributed by atoms with Crippen molar-refractivity contribution in [3.05, 3.63) is 22.7 Å². The second kappa shape index (κ2) is 5.23. The maximum absolute atomic E-state index is 12.6. The van der Waals surface area contributed by atoms with Crippen LogP contribution >= 0.6 is 0 Å². The Bertz CT molecular complexity index is 581. The van der Waals surface area contributed by atoms with Crippen LogP contribution in [-0.2, 0) is 19.1 Å². The van der Waals surface area contributed by atoms with Gasteiger partial charge in [-0.3, -0.25) is 9.59 Å². The Labute approximate surface area is 131 Å². The van der Waals surface area contributed by atoms with Gasteiger partial charge in [0, 0.05) is 0 Å². The average molecular weight is 308 g/mol. The number of allylic oxidation sites excluding steroid dienone is 2. The van der Waals surface area contributed by atoms with E-state index in [1.54, 1.807) is 0 Å². The van der Waals surface area contributed by atoms with Gasteiger partial charge in [0.05, 0.1) is 17.8 Å². The van der Waals surface area contributed by atoms with Gasteiger partial charge in [0.1, 0.15) is 6.61 Å². The minimum absolute atomic E-state index is 0.161. The van der Waals surface area contributed by atoms with Gasteiger partial charge in [-0.15, -0.1) is 0 Å². The normalized spacial score (nSPS) is 23.3. The van der Waals surface area contributed by atoms with Crippen molar-refractivity contribution in [2.75, 3.05) is 13.2 Å². The molecule has 1 fully saturated rings. The SMILES string of the molecule is CC(C)(C)C1=C2OCC(CO)OC2=C(C(C)(C)C)C(=O)C1=O. The Morgan fingerprint density at radius 3 is 1.82 bits per heavy atom. The van der Waals surface area contributed by atoms with E-state index in [1.165, 1.54) is 0 Å². The highest BCUT2D eigenvalue weighted by Crippen LogP contribution is 2.44. The lowest BCUT2D eigenvalue weighted by Crippen LogP contribution is -2.41. The second-order valence-corrected chi connectivity index (χ2v) is 7.80. The van der Waals surface area contributed by atoms with E-state index in [1.807, 2.05) is 41.5 Å². The summed E-state index contributed by atoms with van der Waals surface area (Å²) < 4.78 is 11.5. The van der Waals surface area contributed by atoms with Gasteiger partial charge in [-0.1, -0.05) is 41.5 Å². The molecule has 0 aromatic carbocycles. The third kappa shape index (κ3) is 2.70. The molecule has 0 bridgehead atoms. The molecule has 2 aliphatic rings.